The lowest BCUT2D eigenvalue weighted by molar-refractivity contribution is -0.132. The molecule has 3 heterocycles. The van der Waals surface area contributed by atoms with Gasteiger partial charge in [0.2, 0.25) is 5.91 Å². The fourth-order valence-corrected chi connectivity index (χ4v) is 4.83. The summed E-state index contributed by atoms with van der Waals surface area (Å²) in [5.41, 5.74) is 3.90. The molecule has 3 aromatic rings. The van der Waals surface area contributed by atoms with Crippen LogP contribution in [0, 0.1) is 13.8 Å². The maximum absolute atomic E-state index is 13.1. The van der Waals surface area contributed by atoms with Crippen LogP contribution in [0.4, 0.5) is 10.8 Å². The predicted octanol–water partition coefficient (Wildman–Crippen LogP) is 5.20. The number of methoxy groups -OCH3 is 1. The Morgan fingerprint density at radius 2 is 2.13 bits per heavy atom. The highest BCUT2D eigenvalue weighted by Gasteiger charge is 2.31. The smallest absolute Gasteiger partial charge is 0.223 e. The minimum atomic E-state index is 0.0173. The molecular formula is C24H28N4O2S. The number of likely N-dealkylation sites (tertiary alicyclic amines) is 1. The Morgan fingerprint density at radius 1 is 1.29 bits per heavy atom. The van der Waals surface area contributed by atoms with Crippen LogP contribution in [0.2, 0.25) is 0 Å². The highest BCUT2D eigenvalue weighted by atomic mass is 32.1. The van der Waals surface area contributed by atoms with Crippen molar-refractivity contribution in [1.29, 1.82) is 0 Å². The van der Waals surface area contributed by atoms with E-state index in [9.17, 15) is 4.79 Å². The molecule has 1 aliphatic heterocycles. The molecular weight excluding hydrogens is 408 g/mol. The zero-order valence-electron chi connectivity index (χ0n) is 18.2. The van der Waals surface area contributed by atoms with E-state index in [0.717, 1.165) is 57.8 Å². The molecule has 162 valence electrons. The average Bonchev–Trinajstić information content (AvgIpc) is 3.41. The van der Waals surface area contributed by atoms with Gasteiger partial charge >= 0.3 is 0 Å². The molecule has 2 aromatic heterocycles. The van der Waals surface area contributed by atoms with Gasteiger partial charge in [-0.05, 0) is 56.9 Å². The molecule has 1 N–H and O–H groups in total. The van der Waals surface area contributed by atoms with Crippen LogP contribution in [0.25, 0.3) is 0 Å². The van der Waals surface area contributed by atoms with Gasteiger partial charge in [-0.3, -0.25) is 9.78 Å². The summed E-state index contributed by atoms with van der Waals surface area (Å²) in [6.07, 6.45) is 4.93. The number of carbonyl (C=O) groups is 1. The van der Waals surface area contributed by atoms with Crippen molar-refractivity contribution in [2.75, 3.05) is 19.0 Å². The zero-order valence-corrected chi connectivity index (χ0v) is 19.0. The number of rotatable bonds is 7. The van der Waals surface area contributed by atoms with Crippen molar-refractivity contribution < 1.29 is 9.53 Å². The second-order valence-corrected chi connectivity index (χ2v) is 9.11. The van der Waals surface area contributed by atoms with Crippen LogP contribution in [0.3, 0.4) is 0 Å². The number of carbonyl (C=O) groups excluding carboxylic acids is 1. The molecule has 0 aliphatic carbocycles. The van der Waals surface area contributed by atoms with Crippen molar-refractivity contribution in [3.05, 3.63) is 64.4 Å². The van der Waals surface area contributed by atoms with Gasteiger partial charge in [0.15, 0.2) is 5.13 Å². The van der Waals surface area contributed by atoms with E-state index in [1.165, 1.54) is 0 Å². The van der Waals surface area contributed by atoms with Crippen molar-refractivity contribution in [2.24, 2.45) is 0 Å². The van der Waals surface area contributed by atoms with Crippen LogP contribution >= 0.6 is 11.3 Å². The van der Waals surface area contributed by atoms with Crippen LogP contribution in [0.1, 0.15) is 47.1 Å². The maximum Gasteiger partial charge on any atom is 0.223 e. The Balaban J connectivity index is 1.48. The molecule has 1 aromatic carbocycles. The molecule has 1 aliphatic rings. The molecule has 1 unspecified atom stereocenters. The van der Waals surface area contributed by atoms with Crippen molar-refractivity contribution >= 4 is 28.1 Å². The standard InChI is InChI=1S/C24H28N4O2S/c1-16-13-19(27-24-25-15-17(2)31-24)14-20(26-16)21-8-6-12-28(21)23(29)11-10-18-7-4-5-9-22(18)30-3/h4-5,7,9,13-15,21H,6,8,10-12H2,1-3H3,(H,25,26,27). The number of anilines is 2. The minimum Gasteiger partial charge on any atom is -0.496 e. The van der Waals surface area contributed by atoms with E-state index in [4.69, 9.17) is 9.72 Å². The lowest BCUT2D eigenvalue weighted by Gasteiger charge is -2.25. The first-order chi connectivity index (χ1) is 15.0. The quantitative estimate of drug-likeness (QED) is 0.551. The zero-order chi connectivity index (χ0) is 21.8. The number of aromatic nitrogens is 2. The first kappa shape index (κ1) is 21.3. The van der Waals surface area contributed by atoms with Gasteiger partial charge in [-0.2, -0.15) is 0 Å². The summed E-state index contributed by atoms with van der Waals surface area (Å²) in [5.74, 6) is 1.00. The Hall–Kier alpha value is -2.93. The number of nitrogens with zero attached hydrogens (tertiary/aromatic N) is 3. The number of aryl methyl sites for hydroxylation is 3. The topological polar surface area (TPSA) is 67.3 Å². The van der Waals surface area contributed by atoms with Crippen LogP contribution in [0.5, 0.6) is 5.75 Å². The van der Waals surface area contributed by atoms with E-state index < -0.39 is 0 Å². The van der Waals surface area contributed by atoms with E-state index in [2.05, 4.69) is 16.4 Å². The van der Waals surface area contributed by atoms with Crippen LogP contribution in [-0.2, 0) is 11.2 Å². The van der Waals surface area contributed by atoms with Crippen molar-refractivity contribution in [2.45, 2.75) is 45.6 Å². The third-order valence-electron chi connectivity index (χ3n) is 5.56. The summed E-state index contributed by atoms with van der Waals surface area (Å²) in [7, 11) is 1.67. The van der Waals surface area contributed by atoms with Gasteiger partial charge in [0.25, 0.3) is 0 Å². The van der Waals surface area contributed by atoms with Crippen LogP contribution < -0.4 is 10.1 Å². The number of benzene rings is 1. The number of amides is 1. The second-order valence-electron chi connectivity index (χ2n) is 7.88. The summed E-state index contributed by atoms with van der Waals surface area (Å²) in [6, 6.07) is 12.0. The Kier molecular flexibility index (Phi) is 6.51. The fraction of sp³-hybridized carbons (Fsp3) is 0.375. The van der Waals surface area contributed by atoms with E-state index in [-0.39, 0.29) is 11.9 Å². The van der Waals surface area contributed by atoms with Gasteiger partial charge in [0.1, 0.15) is 5.75 Å². The maximum atomic E-state index is 13.1. The summed E-state index contributed by atoms with van der Waals surface area (Å²) >= 11 is 1.62. The summed E-state index contributed by atoms with van der Waals surface area (Å²) in [4.78, 5) is 25.4. The van der Waals surface area contributed by atoms with Crippen molar-refractivity contribution in [1.82, 2.24) is 14.9 Å². The normalized spacial score (nSPS) is 15.8. The summed E-state index contributed by atoms with van der Waals surface area (Å²) in [5, 5.41) is 4.25. The molecule has 6 nitrogen and oxygen atoms in total. The number of nitrogens with one attached hydrogen (secondary N) is 1. The molecule has 31 heavy (non-hydrogen) atoms. The van der Waals surface area contributed by atoms with Crippen molar-refractivity contribution in [3.63, 3.8) is 0 Å². The highest BCUT2D eigenvalue weighted by molar-refractivity contribution is 7.15. The SMILES string of the molecule is COc1ccccc1CCC(=O)N1CCCC1c1cc(Nc2ncc(C)s2)cc(C)n1. The largest absolute Gasteiger partial charge is 0.496 e. The summed E-state index contributed by atoms with van der Waals surface area (Å²) in [6.45, 7) is 4.81. The second kappa shape index (κ2) is 9.47. The molecule has 1 atom stereocenters. The number of ether oxygens (including phenoxy) is 1. The Morgan fingerprint density at radius 3 is 2.90 bits per heavy atom. The third kappa shape index (κ3) is 5.05. The van der Waals surface area contributed by atoms with Gasteiger partial charge < -0.3 is 15.0 Å². The monoisotopic (exact) mass is 436 g/mol. The first-order valence-corrected chi connectivity index (χ1v) is 11.4. The van der Waals surface area contributed by atoms with Gasteiger partial charge in [-0.1, -0.05) is 18.2 Å². The minimum absolute atomic E-state index is 0.0173. The number of para-hydroxylation sites is 1. The van der Waals surface area contributed by atoms with E-state index in [0.29, 0.717) is 12.8 Å². The molecule has 1 fully saturated rings. The summed E-state index contributed by atoms with van der Waals surface area (Å²) < 4.78 is 5.42. The lowest BCUT2D eigenvalue weighted by atomic mass is 10.1. The van der Waals surface area contributed by atoms with E-state index in [1.54, 1.807) is 18.4 Å². The van der Waals surface area contributed by atoms with Gasteiger partial charge in [0, 0.05) is 35.4 Å². The van der Waals surface area contributed by atoms with Gasteiger partial charge in [-0.15, -0.1) is 11.3 Å². The van der Waals surface area contributed by atoms with E-state index in [1.807, 2.05) is 55.3 Å². The molecule has 0 radical (unpaired) electrons. The van der Waals surface area contributed by atoms with Crippen molar-refractivity contribution in [3.8, 4) is 5.75 Å². The average molecular weight is 437 g/mol. The molecule has 1 amide bonds. The predicted molar refractivity (Wildman–Crippen MR) is 124 cm³/mol. The van der Waals surface area contributed by atoms with Crippen LogP contribution in [-0.4, -0.2) is 34.4 Å². The highest BCUT2D eigenvalue weighted by Crippen LogP contribution is 2.34. The number of hydrogen-bond donors (Lipinski definition) is 1. The molecule has 7 heteroatoms. The van der Waals surface area contributed by atoms with Crippen LogP contribution in [0.15, 0.2) is 42.6 Å². The number of hydrogen-bond acceptors (Lipinski definition) is 6. The molecule has 0 saturated carbocycles. The van der Waals surface area contributed by atoms with E-state index >= 15 is 0 Å². The lowest BCUT2D eigenvalue weighted by Crippen LogP contribution is -2.31. The van der Waals surface area contributed by atoms with Gasteiger partial charge in [0.05, 0.1) is 18.8 Å². The molecule has 0 spiro atoms. The Bertz CT molecular complexity index is 1070. The molecule has 4 rings (SSSR count). The molecule has 1 saturated heterocycles. The Labute approximate surface area is 187 Å². The fourth-order valence-electron chi connectivity index (χ4n) is 4.14. The first-order valence-electron chi connectivity index (χ1n) is 10.6. The number of thiazole rings is 1. The number of pyridine rings is 1. The third-order valence-corrected chi connectivity index (χ3v) is 6.39. The van der Waals surface area contributed by atoms with Gasteiger partial charge in [-0.25, -0.2) is 4.98 Å². The molecule has 0 bridgehead atoms.